The molecule has 0 fully saturated rings. The van der Waals surface area contributed by atoms with Gasteiger partial charge in [0.05, 0.1) is 10.6 Å². The van der Waals surface area contributed by atoms with Gasteiger partial charge in [-0.3, -0.25) is 9.10 Å². The SMILES string of the molecule is CN(CC(=O)Nc1cccc(S(=O)(=O)N(c2ccc(Cl)cc2)C(C(=O)O)C(C)(C)C)c1)C(=O)OCc1ccccc1. The Kier molecular flexibility index (Phi) is 10.0. The van der Waals surface area contributed by atoms with Crippen molar-refractivity contribution in [1.82, 2.24) is 4.90 Å². The number of likely N-dealkylation sites (N-methyl/N-ethyl adjacent to an activating group) is 1. The molecule has 0 saturated heterocycles. The number of rotatable bonds is 10. The zero-order valence-electron chi connectivity index (χ0n) is 23.1. The fraction of sp³-hybridized carbons (Fsp3) is 0.276. The van der Waals surface area contributed by atoms with Crippen LogP contribution in [0, 0.1) is 5.41 Å². The number of carbonyl (C=O) groups excluding carboxylic acids is 2. The lowest BCUT2D eigenvalue weighted by atomic mass is 9.86. The quantitative estimate of drug-likeness (QED) is 0.324. The minimum atomic E-state index is -4.45. The summed E-state index contributed by atoms with van der Waals surface area (Å²) in [6, 6.07) is 18.8. The van der Waals surface area contributed by atoms with Crippen LogP contribution >= 0.6 is 11.6 Å². The van der Waals surface area contributed by atoms with Crippen molar-refractivity contribution in [3.8, 4) is 0 Å². The van der Waals surface area contributed by atoms with Gasteiger partial charge in [-0.2, -0.15) is 0 Å². The third-order valence-electron chi connectivity index (χ3n) is 5.94. The smallest absolute Gasteiger partial charge is 0.410 e. The summed E-state index contributed by atoms with van der Waals surface area (Å²) in [4.78, 5) is 38.2. The highest BCUT2D eigenvalue weighted by Gasteiger charge is 2.43. The molecular weight excluding hydrogens is 570 g/mol. The third kappa shape index (κ3) is 8.21. The summed E-state index contributed by atoms with van der Waals surface area (Å²) in [6.07, 6.45) is -0.708. The van der Waals surface area contributed by atoms with E-state index < -0.39 is 39.4 Å². The fourth-order valence-electron chi connectivity index (χ4n) is 3.99. The summed E-state index contributed by atoms with van der Waals surface area (Å²) in [7, 11) is -3.05. The highest BCUT2D eigenvalue weighted by molar-refractivity contribution is 7.93. The van der Waals surface area contributed by atoms with Crippen molar-refractivity contribution in [2.75, 3.05) is 23.2 Å². The molecule has 3 aromatic carbocycles. The van der Waals surface area contributed by atoms with Gasteiger partial charge in [-0.15, -0.1) is 0 Å². The van der Waals surface area contributed by atoms with Gasteiger partial charge in [0.1, 0.15) is 19.2 Å². The molecule has 0 spiro atoms. The van der Waals surface area contributed by atoms with Crippen molar-refractivity contribution in [1.29, 1.82) is 0 Å². The average Bonchev–Trinajstić information content (AvgIpc) is 2.90. The summed E-state index contributed by atoms with van der Waals surface area (Å²) in [5.41, 5.74) is 0.0490. The Hall–Kier alpha value is -4.09. The molecule has 0 aliphatic heterocycles. The normalized spacial score (nSPS) is 12.2. The van der Waals surface area contributed by atoms with E-state index in [1.54, 1.807) is 32.9 Å². The van der Waals surface area contributed by atoms with Gasteiger partial charge in [0.25, 0.3) is 10.0 Å². The molecule has 10 nitrogen and oxygen atoms in total. The number of carboxylic acids is 1. The molecule has 1 unspecified atom stereocenters. The van der Waals surface area contributed by atoms with Crippen LogP contribution in [0.15, 0.2) is 83.8 Å². The lowest BCUT2D eigenvalue weighted by Crippen LogP contribution is -2.52. The molecular formula is C29H32ClN3O7S. The number of nitrogens with zero attached hydrogens (tertiary/aromatic N) is 2. The van der Waals surface area contributed by atoms with E-state index >= 15 is 0 Å². The van der Waals surface area contributed by atoms with Crippen LogP contribution in [0.25, 0.3) is 0 Å². The van der Waals surface area contributed by atoms with Crippen LogP contribution in [0.1, 0.15) is 26.3 Å². The van der Waals surface area contributed by atoms with Crippen LogP contribution < -0.4 is 9.62 Å². The molecule has 0 aliphatic carbocycles. The molecule has 218 valence electrons. The second-order valence-electron chi connectivity index (χ2n) is 10.4. The molecule has 0 aliphatic rings. The number of hydrogen-bond donors (Lipinski definition) is 2. The summed E-state index contributed by atoms with van der Waals surface area (Å²) in [6.45, 7) is 4.57. The highest BCUT2D eigenvalue weighted by atomic mass is 35.5. The van der Waals surface area contributed by atoms with Gasteiger partial charge in [0, 0.05) is 17.8 Å². The number of hydrogen-bond acceptors (Lipinski definition) is 6. The zero-order valence-corrected chi connectivity index (χ0v) is 24.6. The van der Waals surface area contributed by atoms with E-state index in [2.05, 4.69) is 5.32 Å². The van der Waals surface area contributed by atoms with Crippen molar-refractivity contribution < 1.29 is 32.6 Å². The highest BCUT2D eigenvalue weighted by Crippen LogP contribution is 2.35. The van der Waals surface area contributed by atoms with Crippen molar-refractivity contribution >= 4 is 51.0 Å². The zero-order chi connectivity index (χ0) is 30.4. The molecule has 0 heterocycles. The maximum Gasteiger partial charge on any atom is 0.410 e. The van der Waals surface area contributed by atoms with Crippen LogP contribution in [-0.4, -0.2) is 56.0 Å². The first-order chi connectivity index (χ1) is 19.2. The van der Waals surface area contributed by atoms with Crippen LogP contribution in [0.3, 0.4) is 0 Å². The van der Waals surface area contributed by atoms with Gasteiger partial charge in [0.15, 0.2) is 0 Å². The second-order valence-corrected chi connectivity index (χ2v) is 12.6. The van der Waals surface area contributed by atoms with Gasteiger partial charge in [-0.25, -0.2) is 18.0 Å². The first kappa shape index (κ1) is 31.4. The molecule has 0 radical (unpaired) electrons. The van der Waals surface area contributed by atoms with Crippen molar-refractivity contribution in [3.05, 3.63) is 89.4 Å². The standard InChI is InChI=1S/C29H32ClN3O7S/c1-29(2,3)26(27(35)36)33(23-15-13-21(30)14-16-23)41(38,39)24-12-8-11-22(17-24)31-25(34)18-32(4)28(37)40-19-20-9-6-5-7-10-20/h5-17,26H,18-19H2,1-4H3,(H,31,34)(H,35,36). The van der Waals surface area contributed by atoms with Gasteiger partial charge in [-0.05, 0) is 53.4 Å². The Labute approximate surface area is 244 Å². The van der Waals surface area contributed by atoms with E-state index in [1.807, 2.05) is 18.2 Å². The van der Waals surface area contributed by atoms with Crippen molar-refractivity contribution in [3.63, 3.8) is 0 Å². The second kappa shape index (κ2) is 13.0. The molecule has 12 heteroatoms. The number of aliphatic carboxylic acids is 1. The maximum absolute atomic E-state index is 14.0. The summed E-state index contributed by atoms with van der Waals surface area (Å²) in [5.74, 6) is -1.92. The molecule has 3 aromatic rings. The van der Waals surface area contributed by atoms with Gasteiger partial charge in [0.2, 0.25) is 5.91 Å². The Morgan fingerprint density at radius 1 is 0.976 bits per heavy atom. The fourth-order valence-corrected chi connectivity index (χ4v) is 5.96. The molecule has 2 N–H and O–H groups in total. The summed E-state index contributed by atoms with van der Waals surface area (Å²) >= 11 is 5.99. The van der Waals surface area contributed by atoms with E-state index in [1.165, 1.54) is 55.6 Å². The number of anilines is 2. The predicted molar refractivity (Wildman–Crippen MR) is 156 cm³/mol. The Morgan fingerprint density at radius 3 is 2.20 bits per heavy atom. The lowest BCUT2D eigenvalue weighted by molar-refractivity contribution is -0.140. The van der Waals surface area contributed by atoms with E-state index in [0.717, 1.165) is 14.8 Å². The number of sulfonamides is 1. The van der Waals surface area contributed by atoms with Crippen molar-refractivity contribution in [2.45, 2.75) is 38.3 Å². The Morgan fingerprint density at radius 2 is 1.61 bits per heavy atom. The lowest BCUT2D eigenvalue weighted by Gasteiger charge is -2.37. The van der Waals surface area contributed by atoms with Crippen molar-refractivity contribution in [2.24, 2.45) is 5.41 Å². The Bertz CT molecular complexity index is 1490. The number of carbonyl (C=O) groups is 3. The summed E-state index contributed by atoms with van der Waals surface area (Å²) < 4.78 is 34.0. The minimum Gasteiger partial charge on any atom is -0.480 e. The molecule has 0 aromatic heterocycles. The topological polar surface area (TPSA) is 133 Å². The first-order valence-electron chi connectivity index (χ1n) is 12.5. The van der Waals surface area contributed by atoms with Crippen LogP contribution in [-0.2, 0) is 31.0 Å². The number of halogens is 1. The van der Waals surface area contributed by atoms with E-state index in [-0.39, 0.29) is 29.4 Å². The molecule has 1 atom stereocenters. The number of amides is 2. The molecule has 0 bridgehead atoms. The minimum absolute atomic E-state index is 0.0432. The molecule has 0 saturated carbocycles. The first-order valence-corrected chi connectivity index (χ1v) is 14.4. The average molecular weight is 602 g/mol. The monoisotopic (exact) mass is 601 g/mol. The number of carboxylic acid groups (broad SMARTS) is 1. The van der Waals surface area contributed by atoms with Gasteiger partial charge in [-0.1, -0.05) is 68.8 Å². The Balaban J connectivity index is 1.81. The molecule has 3 rings (SSSR count). The van der Waals surface area contributed by atoms with E-state index in [9.17, 15) is 27.9 Å². The molecule has 41 heavy (non-hydrogen) atoms. The summed E-state index contributed by atoms with van der Waals surface area (Å²) in [5, 5.41) is 13.0. The van der Waals surface area contributed by atoms with E-state index in [4.69, 9.17) is 16.3 Å². The predicted octanol–water partition coefficient (Wildman–Crippen LogP) is 5.24. The van der Waals surface area contributed by atoms with Crippen LogP contribution in [0.4, 0.5) is 16.2 Å². The van der Waals surface area contributed by atoms with Gasteiger partial charge < -0.3 is 20.1 Å². The van der Waals surface area contributed by atoms with E-state index in [0.29, 0.717) is 5.02 Å². The maximum atomic E-state index is 14.0. The van der Waals surface area contributed by atoms with Crippen LogP contribution in [0.5, 0.6) is 0 Å². The number of ether oxygens (including phenoxy) is 1. The number of nitrogens with one attached hydrogen (secondary N) is 1. The van der Waals surface area contributed by atoms with Crippen LogP contribution in [0.2, 0.25) is 5.02 Å². The van der Waals surface area contributed by atoms with Gasteiger partial charge >= 0.3 is 12.1 Å². The third-order valence-corrected chi connectivity index (χ3v) is 7.98. The number of benzene rings is 3. The molecule has 2 amide bonds. The largest absolute Gasteiger partial charge is 0.480 e.